The lowest BCUT2D eigenvalue weighted by Crippen LogP contribution is -2.31. The molecule has 0 radical (unpaired) electrons. The zero-order valence-electron chi connectivity index (χ0n) is 9.27. The van der Waals surface area contributed by atoms with Crippen molar-refractivity contribution in [1.82, 2.24) is 9.78 Å². The van der Waals surface area contributed by atoms with Crippen molar-refractivity contribution in [2.45, 2.75) is 12.3 Å². The molecule has 2 aromatic rings. The van der Waals surface area contributed by atoms with Crippen LogP contribution in [0.25, 0.3) is 0 Å². The fraction of sp³-hybridized carbons (Fsp3) is 0.364. The average molecular weight is 256 g/mol. The van der Waals surface area contributed by atoms with Gasteiger partial charge in [-0.15, -0.1) is 11.3 Å². The number of hydrogen-bond donors (Lipinski definition) is 1. The summed E-state index contributed by atoms with van der Waals surface area (Å²) in [4.78, 5) is 1.17. The van der Waals surface area contributed by atoms with E-state index in [0.717, 1.165) is 10.6 Å². The lowest BCUT2D eigenvalue weighted by atomic mass is 9.83. The molecule has 0 bridgehead atoms. The van der Waals surface area contributed by atoms with Gasteiger partial charge in [0.1, 0.15) is 0 Å². The molecule has 2 heterocycles. The first-order valence-electron chi connectivity index (χ1n) is 5.00. The number of halogens is 1. The topological polar surface area (TPSA) is 43.8 Å². The van der Waals surface area contributed by atoms with Crippen LogP contribution in [0.2, 0.25) is 5.02 Å². The van der Waals surface area contributed by atoms with Crippen LogP contribution in [0.3, 0.4) is 0 Å². The summed E-state index contributed by atoms with van der Waals surface area (Å²) < 4.78 is 1.79. The molecule has 0 aliphatic carbocycles. The Kier molecular flexibility index (Phi) is 3.06. The van der Waals surface area contributed by atoms with Gasteiger partial charge in [-0.25, -0.2) is 0 Å². The summed E-state index contributed by atoms with van der Waals surface area (Å²) in [6.07, 6.45) is 3.86. The summed E-state index contributed by atoms with van der Waals surface area (Å²) in [6.45, 7) is 2.65. The second-order valence-corrected chi connectivity index (χ2v) is 5.42. The third-order valence-corrected chi connectivity index (χ3v) is 4.40. The fourth-order valence-electron chi connectivity index (χ4n) is 1.67. The van der Waals surface area contributed by atoms with Gasteiger partial charge in [-0.05, 0) is 13.0 Å². The molecule has 3 nitrogen and oxygen atoms in total. The number of nitrogens with two attached hydrogens (primary N) is 1. The first-order valence-corrected chi connectivity index (χ1v) is 6.26. The maximum absolute atomic E-state index is 5.96. The van der Waals surface area contributed by atoms with Crippen molar-refractivity contribution in [3.63, 3.8) is 0 Å². The van der Waals surface area contributed by atoms with Crippen molar-refractivity contribution in [2.75, 3.05) is 6.54 Å². The van der Waals surface area contributed by atoms with Crippen LogP contribution in [0.15, 0.2) is 23.8 Å². The monoisotopic (exact) mass is 255 g/mol. The van der Waals surface area contributed by atoms with Crippen molar-refractivity contribution in [2.24, 2.45) is 12.8 Å². The predicted octanol–water partition coefficient (Wildman–Crippen LogP) is 2.40. The molecule has 0 amide bonds. The van der Waals surface area contributed by atoms with Gasteiger partial charge in [-0.2, -0.15) is 5.10 Å². The standard InChI is InChI=1S/C11H14ClN3S/c1-11(7-13,8-4-14-15(2)5-8)10-3-9(12)6-16-10/h3-6H,7,13H2,1-2H3. The molecule has 0 aliphatic heterocycles. The van der Waals surface area contributed by atoms with E-state index in [1.807, 2.05) is 30.9 Å². The Morgan fingerprint density at radius 2 is 2.38 bits per heavy atom. The summed E-state index contributed by atoms with van der Waals surface area (Å²) in [5.41, 5.74) is 6.84. The molecule has 0 spiro atoms. The lowest BCUT2D eigenvalue weighted by Gasteiger charge is -2.25. The fourth-order valence-corrected chi connectivity index (χ4v) is 2.94. The van der Waals surface area contributed by atoms with E-state index in [2.05, 4.69) is 12.0 Å². The third-order valence-electron chi connectivity index (χ3n) is 2.86. The van der Waals surface area contributed by atoms with E-state index in [9.17, 15) is 0 Å². The molecule has 5 heteroatoms. The highest BCUT2D eigenvalue weighted by Crippen LogP contribution is 2.36. The van der Waals surface area contributed by atoms with Gasteiger partial charge in [-0.1, -0.05) is 11.6 Å². The smallest absolute Gasteiger partial charge is 0.0531 e. The summed E-state index contributed by atoms with van der Waals surface area (Å²) in [5, 5.41) is 6.89. The number of hydrogen-bond acceptors (Lipinski definition) is 3. The van der Waals surface area contributed by atoms with Gasteiger partial charge < -0.3 is 5.73 Å². The Labute approximate surface area is 104 Å². The number of thiophene rings is 1. The summed E-state index contributed by atoms with van der Waals surface area (Å²) in [5.74, 6) is 0. The third kappa shape index (κ3) is 1.88. The van der Waals surface area contributed by atoms with Gasteiger partial charge in [-0.3, -0.25) is 4.68 Å². The zero-order valence-corrected chi connectivity index (χ0v) is 10.8. The van der Waals surface area contributed by atoms with E-state index in [0.29, 0.717) is 6.54 Å². The predicted molar refractivity (Wildman–Crippen MR) is 68.0 cm³/mol. The molecular weight excluding hydrogens is 242 g/mol. The minimum atomic E-state index is -0.202. The molecule has 2 aromatic heterocycles. The minimum Gasteiger partial charge on any atom is -0.329 e. The molecule has 0 saturated carbocycles. The van der Waals surface area contributed by atoms with Crippen LogP contribution in [-0.2, 0) is 12.5 Å². The number of aromatic nitrogens is 2. The molecule has 0 aromatic carbocycles. The Bertz CT molecular complexity index is 449. The van der Waals surface area contributed by atoms with Crippen LogP contribution in [0, 0.1) is 0 Å². The summed E-state index contributed by atoms with van der Waals surface area (Å²) in [7, 11) is 1.90. The SMILES string of the molecule is Cn1cc(C(C)(CN)c2cc(Cl)cs2)cn1. The highest BCUT2D eigenvalue weighted by atomic mass is 35.5. The Morgan fingerprint density at radius 3 is 2.81 bits per heavy atom. The van der Waals surface area contributed by atoms with Crippen molar-refractivity contribution in [1.29, 1.82) is 0 Å². The van der Waals surface area contributed by atoms with Crippen LogP contribution >= 0.6 is 22.9 Å². The van der Waals surface area contributed by atoms with Crippen LogP contribution < -0.4 is 5.73 Å². The van der Waals surface area contributed by atoms with Gasteiger partial charge >= 0.3 is 0 Å². The molecule has 0 saturated heterocycles. The van der Waals surface area contributed by atoms with Gasteiger partial charge in [0.05, 0.1) is 11.2 Å². The zero-order chi connectivity index (χ0) is 11.8. The molecule has 2 N–H and O–H groups in total. The highest BCUT2D eigenvalue weighted by Gasteiger charge is 2.30. The van der Waals surface area contributed by atoms with Crippen molar-refractivity contribution >= 4 is 22.9 Å². The quantitative estimate of drug-likeness (QED) is 0.915. The summed E-state index contributed by atoms with van der Waals surface area (Å²) in [6, 6.07) is 1.98. The second-order valence-electron chi connectivity index (χ2n) is 4.07. The Morgan fingerprint density at radius 1 is 1.62 bits per heavy atom. The number of aryl methyl sites for hydroxylation is 1. The Balaban J connectivity index is 2.47. The van der Waals surface area contributed by atoms with E-state index in [1.54, 1.807) is 16.0 Å². The van der Waals surface area contributed by atoms with Gasteiger partial charge in [0, 0.05) is 41.0 Å². The molecule has 86 valence electrons. The van der Waals surface area contributed by atoms with Gasteiger partial charge in [0.2, 0.25) is 0 Å². The first-order chi connectivity index (χ1) is 7.56. The number of rotatable bonds is 3. The van der Waals surface area contributed by atoms with Crippen molar-refractivity contribution < 1.29 is 0 Å². The van der Waals surface area contributed by atoms with Crippen LogP contribution in [-0.4, -0.2) is 16.3 Å². The van der Waals surface area contributed by atoms with E-state index in [1.165, 1.54) is 4.88 Å². The molecule has 0 fully saturated rings. The van der Waals surface area contributed by atoms with Crippen LogP contribution in [0.5, 0.6) is 0 Å². The van der Waals surface area contributed by atoms with Crippen molar-refractivity contribution in [3.05, 3.63) is 39.3 Å². The minimum absolute atomic E-state index is 0.202. The first kappa shape index (κ1) is 11.6. The maximum Gasteiger partial charge on any atom is 0.0531 e. The van der Waals surface area contributed by atoms with E-state index in [4.69, 9.17) is 17.3 Å². The van der Waals surface area contributed by atoms with Crippen LogP contribution in [0.4, 0.5) is 0 Å². The van der Waals surface area contributed by atoms with E-state index >= 15 is 0 Å². The van der Waals surface area contributed by atoms with Crippen LogP contribution in [0.1, 0.15) is 17.4 Å². The lowest BCUT2D eigenvalue weighted by molar-refractivity contribution is 0.595. The van der Waals surface area contributed by atoms with E-state index in [-0.39, 0.29) is 5.41 Å². The molecule has 1 unspecified atom stereocenters. The highest BCUT2D eigenvalue weighted by molar-refractivity contribution is 7.10. The van der Waals surface area contributed by atoms with Crippen molar-refractivity contribution in [3.8, 4) is 0 Å². The van der Waals surface area contributed by atoms with E-state index < -0.39 is 0 Å². The second kappa shape index (κ2) is 4.20. The molecular formula is C11H14ClN3S. The molecule has 0 aliphatic rings. The molecule has 1 atom stereocenters. The molecule has 2 rings (SSSR count). The molecule has 16 heavy (non-hydrogen) atoms. The summed E-state index contributed by atoms with van der Waals surface area (Å²) >= 11 is 7.60. The normalized spacial score (nSPS) is 15.0. The average Bonchev–Trinajstić information content (AvgIpc) is 2.86. The van der Waals surface area contributed by atoms with Gasteiger partial charge in [0.15, 0.2) is 0 Å². The maximum atomic E-state index is 5.96. The Hall–Kier alpha value is -0.840. The van der Waals surface area contributed by atoms with Gasteiger partial charge in [0.25, 0.3) is 0 Å². The largest absolute Gasteiger partial charge is 0.329 e. The number of nitrogens with zero attached hydrogens (tertiary/aromatic N) is 2.